The molecule has 0 aliphatic carbocycles. The molecule has 0 fully saturated rings. The number of H-pyrrole nitrogens is 1. The monoisotopic (exact) mass is 262 g/mol. The number of aromatic nitrogens is 4. The van der Waals surface area contributed by atoms with Gasteiger partial charge in [0, 0.05) is 17.1 Å². The molecule has 2 aromatic heterocycles. The van der Waals surface area contributed by atoms with Gasteiger partial charge in [-0.1, -0.05) is 17.2 Å². The second-order valence-electron chi connectivity index (χ2n) is 4.44. The molecule has 0 spiro atoms. The fourth-order valence-electron chi connectivity index (χ4n) is 2.19. The summed E-state index contributed by atoms with van der Waals surface area (Å²) < 4.78 is 5.84. The van der Waals surface area contributed by atoms with E-state index in [4.69, 9.17) is 4.74 Å². The van der Waals surface area contributed by atoms with Crippen LogP contribution in [0.4, 0.5) is 0 Å². The molecule has 0 unspecified atom stereocenters. The number of nitrogens with zero attached hydrogens (tertiary/aromatic N) is 3. The maximum atomic E-state index is 5.84. The minimum atomic E-state index is 0.463. The number of fused-ring (bicyclic) bond motifs is 2. The number of hydrogen-bond donors (Lipinski definition) is 1. The number of benzene rings is 2. The summed E-state index contributed by atoms with van der Waals surface area (Å²) >= 11 is 0. The highest BCUT2D eigenvalue weighted by molar-refractivity contribution is 5.83. The minimum Gasteiger partial charge on any atom is -0.437 e. The first kappa shape index (κ1) is 10.9. The molecule has 4 rings (SSSR count). The van der Waals surface area contributed by atoms with E-state index in [1.165, 1.54) is 0 Å². The Kier molecular flexibility index (Phi) is 2.35. The number of aromatic amines is 1. The molecule has 1 N–H and O–H groups in total. The van der Waals surface area contributed by atoms with E-state index in [1.807, 2.05) is 54.7 Å². The molecule has 0 saturated carbocycles. The van der Waals surface area contributed by atoms with Crippen molar-refractivity contribution in [3.05, 3.63) is 54.7 Å². The van der Waals surface area contributed by atoms with Gasteiger partial charge >= 0.3 is 0 Å². The average Bonchev–Trinajstić information content (AvgIpc) is 2.95. The summed E-state index contributed by atoms with van der Waals surface area (Å²) in [4.78, 5) is 3.15. The molecule has 5 nitrogen and oxygen atoms in total. The zero-order valence-corrected chi connectivity index (χ0v) is 10.4. The van der Waals surface area contributed by atoms with E-state index in [0.29, 0.717) is 5.88 Å². The fourth-order valence-corrected chi connectivity index (χ4v) is 2.19. The fraction of sp³-hybridized carbons (Fsp3) is 0. The van der Waals surface area contributed by atoms with Crippen molar-refractivity contribution in [1.82, 2.24) is 20.4 Å². The number of nitrogens with one attached hydrogen (secondary N) is 1. The summed E-state index contributed by atoms with van der Waals surface area (Å²) in [6.45, 7) is 0. The van der Waals surface area contributed by atoms with Gasteiger partial charge in [0.05, 0.1) is 5.39 Å². The maximum Gasteiger partial charge on any atom is 0.250 e. The van der Waals surface area contributed by atoms with Crippen LogP contribution in [0.3, 0.4) is 0 Å². The summed E-state index contributed by atoms with van der Waals surface area (Å²) in [6, 6.07) is 15.5. The molecule has 0 atom stereocenters. The smallest absolute Gasteiger partial charge is 0.250 e. The van der Waals surface area contributed by atoms with Crippen molar-refractivity contribution < 1.29 is 4.74 Å². The largest absolute Gasteiger partial charge is 0.437 e. The van der Waals surface area contributed by atoms with Crippen LogP contribution in [0, 0.1) is 0 Å². The lowest BCUT2D eigenvalue weighted by Gasteiger charge is -2.06. The Balaban J connectivity index is 1.80. The lowest BCUT2D eigenvalue weighted by Crippen LogP contribution is -1.94. The van der Waals surface area contributed by atoms with Gasteiger partial charge in [-0.3, -0.25) is 0 Å². The van der Waals surface area contributed by atoms with Crippen molar-refractivity contribution >= 4 is 21.8 Å². The van der Waals surface area contributed by atoms with Crippen molar-refractivity contribution in [2.75, 3.05) is 0 Å². The molecular weight excluding hydrogens is 252 g/mol. The summed E-state index contributed by atoms with van der Waals surface area (Å²) in [6.07, 6.45) is 1.90. The Morgan fingerprint density at radius 3 is 2.90 bits per heavy atom. The van der Waals surface area contributed by atoms with Crippen molar-refractivity contribution in [2.45, 2.75) is 0 Å². The molecule has 2 heterocycles. The first-order valence-electron chi connectivity index (χ1n) is 6.23. The van der Waals surface area contributed by atoms with Crippen LogP contribution in [0.1, 0.15) is 0 Å². The van der Waals surface area contributed by atoms with Gasteiger partial charge in [0.25, 0.3) is 0 Å². The van der Waals surface area contributed by atoms with Crippen LogP contribution in [-0.4, -0.2) is 20.4 Å². The topological polar surface area (TPSA) is 63.7 Å². The SMILES string of the molecule is c1ccc2c(Oc3ccc4[nH]ccc4c3)nnnc2c1. The van der Waals surface area contributed by atoms with Crippen LogP contribution in [0.2, 0.25) is 0 Å². The normalized spacial score (nSPS) is 11.0. The summed E-state index contributed by atoms with van der Waals surface area (Å²) in [5, 5.41) is 13.6. The highest BCUT2D eigenvalue weighted by atomic mass is 16.5. The van der Waals surface area contributed by atoms with Gasteiger partial charge in [0.1, 0.15) is 11.3 Å². The molecule has 0 aliphatic heterocycles. The summed E-state index contributed by atoms with van der Waals surface area (Å²) in [5.41, 5.74) is 1.84. The summed E-state index contributed by atoms with van der Waals surface area (Å²) in [7, 11) is 0. The molecular formula is C15H10N4O. The molecule has 20 heavy (non-hydrogen) atoms. The predicted octanol–water partition coefficient (Wildman–Crippen LogP) is 3.30. The Bertz CT molecular complexity index is 895. The molecule has 0 bridgehead atoms. The van der Waals surface area contributed by atoms with Crippen LogP contribution >= 0.6 is 0 Å². The summed E-state index contributed by atoms with van der Waals surface area (Å²) in [5.74, 6) is 1.19. The van der Waals surface area contributed by atoms with Gasteiger partial charge in [-0.15, -0.1) is 5.10 Å². The first-order chi connectivity index (χ1) is 9.90. The zero-order valence-electron chi connectivity index (χ0n) is 10.4. The van der Waals surface area contributed by atoms with E-state index >= 15 is 0 Å². The first-order valence-corrected chi connectivity index (χ1v) is 6.23. The van der Waals surface area contributed by atoms with E-state index in [-0.39, 0.29) is 0 Å². The van der Waals surface area contributed by atoms with Gasteiger partial charge in [0.2, 0.25) is 5.88 Å². The lowest BCUT2D eigenvalue weighted by molar-refractivity contribution is 0.459. The lowest BCUT2D eigenvalue weighted by atomic mass is 10.2. The van der Waals surface area contributed by atoms with Gasteiger partial charge in [0.15, 0.2) is 0 Å². The zero-order chi connectivity index (χ0) is 13.4. The predicted molar refractivity (Wildman–Crippen MR) is 75.7 cm³/mol. The molecule has 0 amide bonds. The van der Waals surface area contributed by atoms with Crippen LogP contribution in [-0.2, 0) is 0 Å². The number of ether oxygens (including phenoxy) is 1. The molecule has 0 radical (unpaired) electrons. The third-order valence-corrected chi connectivity index (χ3v) is 3.16. The molecule has 96 valence electrons. The van der Waals surface area contributed by atoms with E-state index < -0.39 is 0 Å². The minimum absolute atomic E-state index is 0.463. The third kappa shape index (κ3) is 1.76. The number of rotatable bonds is 2. The third-order valence-electron chi connectivity index (χ3n) is 3.16. The number of hydrogen-bond acceptors (Lipinski definition) is 4. The Morgan fingerprint density at radius 1 is 0.950 bits per heavy atom. The van der Waals surface area contributed by atoms with Gasteiger partial charge < -0.3 is 9.72 Å². The molecule has 5 heteroatoms. The Morgan fingerprint density at radius 2 is 1.90 bits per heavy atom. The second-order valence-corrected chi connectivity index (χ2v) is 4.44. The maximum absolute atomic E-state index is 5.84. The Labute approximate surface area is 114 Å². The van der Waals surface area contributed by atoms with Gasteiger partial charge in [-0.25, -0.2) is 0 Å². The standard InChI is InChI=1S/C15H10N4O/c1-2-4-14-12(3-1)15(18-19-17-14)20-11-5-6-13-10(9-11)7-8-16-13/h1-9,16H. The van der Waals surface area contributed by atoms with Crippen molar-refractivity contribution in [3.8, 4) is 11.6 Å². The van der Waals surface area contributed by atoms with Gasteiger partial charge in [-0.2, -0.15) is 0 Å². The highest BCUT2D eigenvalue weighted by Gasteiger charge is 2.07. The van der Waals surface area contributed by atoms with E-state index in [9.17, 15) is 0 Å². The van der Waals surface area contributed by atoms with Crippen LogP contribution in [0.25, 0.3) is 21.8 Å². The average molecular weight is 262 g/mol. The van der Waals surface area contributed by atoms with E-state index in [1.54, 1.807) is 0 Å². The molecule has 0 aliphatic rings. The van der Waals surface area contributed by atoms with Crippen molar-refractivity contribution in [1.29, 1.82) is 0 Å². The molecule has 2 aromatic carbocycles. The van der Waals surface area contributed by atoms with Gasteiger partial charge in [-0.05, 0) is 41.6 Å². The highest BCUT2D eigenvalue weighted by Crippen LogP contribution is 2.27. The van der Waals surface area contributed by atoms with E-state index in [2.05, 4.69) is 20.4 Å². The Hall–Kier alpha value is -2.95. The van der Waals surface area contributed by atoms with Crippen LogP contribution in [0.15, 0.2) is 54.7 Å². The molecule has 4 aromatic rings. The van der Waals surface area contributed by atoms with Crippen molar-refractivity contribution in [2.24, 2.45) is 0 Å². The van der Waals surface area contributed by atoms with Crippen LogP contribution < -0.4 is 4.74 Å². The van der Waals surface area contributed by atoms with E-state index in [0.717, 1.165) is 27.6 Å². The second kappa shape index (κ2) is 4.31. The molecule has 0 saturated heterocycles. The van der Waals surface area contributed by atoms with Crippen LogP contribution in [0.5, 0.6) is 11.6 Å². The van der Waals surface area contributed by atoms with Crippen molar-refractivity contribution in [3.63, 3.8) is 0 Å². The quantitative estimate of drug-likeness (QED) is 0.602.